The number of hydrogen-bond acceptors (Lipinski definition) is 8. The fourth-order valence-corrected chi connectivity index (χ4v) is 6.30. The van der Waals surface area contributed by atoms with Gasteiger partial charge in [0.1, 0.15) is 0 Å². The van der Waals surface area contributed by atoms with Gasteiger partial charge in [-0.1, -0.05) is 23.1 Å². The first kappa shape index (κ1) is 18.5. The topological polar surface area (TPSA) is 92.3 Å². The lowest BCUT2D eigenvalue weighted by Gasteiger charge is -2.29. The van der Waals surface area contributed by atoms with Crippen LogP contribution in [-0.4, -0.2) is 65.3 Å². The molecule has 1 amide bonds. The van der Waals surface area contributed by atoms with E-state index in [2.05, 4.69) is 15.5 Å². The number of carbonyl (C=O) groups is 1. The maximum absolute atomic E-state index is 12.7. The maximum Gasteiger partial charge on any atom is 0.236 e. The molecule has 1 N–H and O–H groups in total. The summed E-state index contributed by atoms with van der Waals surface area (Å²) >= 11 is 2.78. The second-order valence-corrected chi connectivity index (χ2v) is 10.1. The Hall–Kier alpha value is -0.870. The number of anilines is 1. The molecule has 0 radical (unpaired) electrons. The fraction of sp³-hybridized carbons (Fsp3) is 0.769. The van der Waals surface area contributed by atoms with Crippen molar-refractivity contribution in [3.8, 4) is 0 Å². The van der Waals surface area contributed by atoms with Gasteiger partial charge in [0.2, 0.25) is 11.0 Å². The number of hydrogen-bond donors (Lipinski definition) is 1. The van der Waals surface area contributed by atoms with Crippen LogP contribution in [0.1, 0.15) is 27.2 Å². The van der Waals surface area contributed by atoms with Crippen LogP contribution in [0.4, 0.5) is 5.13 Å². The summed E-state index contributed by atoms with van der Waals surface area (Å²) in [5.74, 6) is 0.207. The third-order valence-corrected chi connectivity index (χ3v) is 7.44. The van der Waals surface area contributed by atoms with Crippen LogP contribution >= 0.6 is 23.1 Å². The van der Waals surface area contributed by atoms with E-state index in [-0.39, 0.29) is 28.7 Å². The van der Waals surface area contributed by atoms with Crippen molar-refractivity contribution >= 4 is 44.0 Å². The van der Waals surface area contributed by atoms with E-state index in [1.165, 1.54) is 23.1 Å². The van der Waals surface area contributed by atoms with Crippen molar-refractivity contribution in [1.82, 2.24) is 15.1 Å². The summed E-state index contributed by atoms with van der Waals surface area (Å²) in [6.07, 6.45) is 0.530. The molecule has 10 heteroatoms. The highest BCUT2D eigenvalue weighted by Crippen LogP contribution is 2.30. The first-order chi connectivity index (χ1) is 10.9. The number of amides is 1. The van der Waals surface area contributed by atoms with Crippen LogP contribution in [0, 0.1) is 0 Å². The zero-order valence-electron chi connectivity index (χ0n) is 13.5. The molecule has 2 heterocycles. The van der Waals surface area contributed by atoms with E-state index < -0.39 is 9.84 Å². The Bertz CT molecular complexity index is 647. The summed E-state index contributed by atoms with van der Waals surface area (Å²) in [6.45, 7) is 6.98. The zero-order chi connectivity index (χ0) is 17.0. The third kappa shape index (κ3) is 4.80. The molecule has 0 aliphatic carbocycles. The number of thioether (sulfide) groups is 1. The highest BCUT2D eigenvalue weighted by Gasteiger charge is 2.35. The molecule has 0 unspecified atom stereocenters. The SMILES string of the molecule is CCNc1nnc(S[C@H](C)C(=O)N(CC)[C@H]2CCS(=O)(=O)C2)s1. The van der Waals surface area contributed by atoms with Gasteiger partial charge in [-0.2, -0.15) is 0 Å². The summed E-state index contributed by atoms with van der Waals surface area (Å²) in [7, 11) is -3.00. The molecule has 0 bridgehead atoms. The molecular formula is C13H22N4O3S3. The van der Waals surface area contributed by atoms with Gasteiger partial charge in [-0.3, -0.25) is 4.79 Å². The van der Waals surface area contributed by atoms with Gasteiger partial charge in [0.25, 0.3) is 0 Å². The second-order valence-electron chi connectivity index (χ2n) is 5.34. The minimum atomic E-state index is -3.00. The molecular weight excluding hydrogens is 356 g/mol. The van der Waals surface area contributed by atoms with Crippen molar-refractivity contribution in [2.45, 2.75) is 42.8 Å². The first-order valence-electron chi connectivity index (χ1n) is 7.61. The van der Waals surface area contributed by atoms with E-state index in [0.717, 1.165) is 16.0 Å². The second kappa shape index (κ2) is 7.80. The van der Waals surface area contributed by atoms with Crippen LogP contribution in [0.2, 0.25) is 0 Å². The average Bonchev–Trinajstić information content (AvgIpc) is 3.06. The smallest absolute Gasteiger partial charge is 0.236 e. The molecule has 0 spiro atoms. The van der Waals surface area contributed by atoms with Gasteiger partial charge in [-0.05, 0) is 27.2 Å². The minimum Gasteiger partial charge on any atom is -0.360 e. The van der Waals surface area contributed by atoms with E-state index >= 15 is 0 Å². The van der Waals surface area contributed by atoms with E-state index in [1.807, 2.05) is 20.8 Å². The molecule has 1 saturated heterocycles. The number of nitrogens with zero attached hydrogens (tertiary/aromatic N) is 3. The van der Waals surface area contributed by atoms with Gasteiger partial charge in [0, 0.05) is 19.1 Å². The van der Waals surface area contributed by atoms with Crippen molar-refractivity contribution in [3.05, 3.63) is 0 Å². The Morgan fingerprint density at radius 2 is 2.22 bits per heavy atom. The molecule has 1 fully saturated rings. The van der Waals surface area contributed by atoms with E-state index in [1.54, 1.807) is 4.90 Å². The summed E-state index contributed by atoms with van der Waals surface area (Å²) in [5, 5.41) is 11.6. The third-order valence-electron chi connectivity index (χ3n) is 3.63. The zero-order valence-corrected chi connectivity index (χ0v) is 15.9. The molecule has 1 aliphatic rings. The van der Waals surface area contributed by atoms with Gasteiger partial charge in [-0.15, -0.1) is 10.2 Å². The Morgan fingerprint density at radius 1 is 1.48 bits per heavy atom. The van der Waals surface area contributed by atoms with Gasteiger partial charge >= 0.3 is 0 Å². The average molecular weight is 379 g/mol. The van der Waals surface area contributed by atoms with Crippen molar-refractivity contribution in [1.29, 1.82) is 0 Å². The van der Waals surface area contributed by atoms with Gasteiger partial charge in [0.05, 0.1) is 16.8 Å². The lowest BCUT2D eigenvalue weighted by molar-refractivity contribution is -0.131. The molecule has 1 aliphatic heterocycles. The largest absolute Gasteiger partial charge is 0.360 e. The summed E-state index contributed by atoms with van der Waals surface area (Å²) < 4.78 is 24.0. The first-order valence-corrected chi connectivity index (χ1v) is 11.1. The van der Waals surface area contributed by atoms with Crippen LogP contribution in [0.25, 0.3) is 0 Å². The number of rotatable bonds is 7. The molecule has 7 nitrogen and oxygen atoms in total. The van der Waals surface area contributed by atoms with Crippen molar-refractivity contribution in [2.24, 2.45) is 0 Å². The number of nitrogens with one attached hydrogen (secondary N) is 1. The van der Waals surface area contributed by atoms with E-state index in [0.29, 0.717) is 13.0 Å². The van der Waals surface area contributed by atoms with Gasteiger partial charge in [0.15, 0.2) is 14.2 Å². The number of carbonyl (C=O) groups excluding carboxylic acids is 1. The Morgan fingerprint density at radius 3 is 2.78 bits per heavy atom. The molecule has 130 valence electrons. The van der Waals surface area contributed by atoms with Crippen LogP contribution < -0.4 is 5.32 Å². The van der Waals surface area contributed by atoms with Crippen molar-refractivity contribution in [3.63, 3.8) is 0 Å². The normalized spacial score (nSPS) is 21.1. The monoisotopic (exact) mass is 378 g/mol. The minimum absolute atomic E-state index is 0.0419. The molecule has 2 rings (SSSR count). The molecule has 23 heavy (non-hydrogen) atoms. The maximum atomic E-state index is 12.7. The Labute approximate surface area is 145 Å². The number of aromatic nitrogens is 2. The van der Waals surface area contributed by atoms with Gasteiger partial charge < -0.3 is 10.2 Å². The quantitative estimate of drug-likeness (QED) is 0.719. The van der Waals surface area contributed by atoms with Crippen molar-refractivity contribution in [2.75, 3.05) is 29.9 Å². The number of sulfone groups is 1. The molecule has 2 atom stereocenters. The summed E-state index contributed by atoms with van der Waals surface area (Å²) in [5.41, 5.74) is 0. The Balaban J connectivity index is 1.99. The van der Waals surface area contributed by atoms with Crippen LogP contribution in [-0.2, 0) is 14.6 Å². The summed E-state index contributed by atoms with van der Waals surface area (Å²) in [4.78, 5) is 14.3. The van der Waals surface area contributed by atoms with Gasteiger partial charge in [-0.25, -0.2) is 8.42 Å². The molecule has 1 aromatic heterocycles. The highest BCUT2D eigenvalue weighted by molar-refractivity contribution is 8.02. The lowest BCUT2D eigenvalue weighted by Crippen LogP contribution is -2.44. The molecule has 1 aromatic rings. The van der Waals surface area contributed by atoms with Crippen molar-refractivity contribution < 1.29 is 13.2 Å². The van der Waals surface area contributed by atoms with Crippen LogP contribution in [0.15, 0.2) is 4.34 Å². The molecule has 0 aromatic carbocycles. The predicted octanol–water partition coefficient (Wildman–Crippen LogP) is 1.49. The Kier molecular flexibility index (Phi) is 6.26. The fourth-order valence-electron chi connectivity index (χ4n) is 2.53. The standard InChI is InChI=1S/C13H22N4O3S3/c1-4-14-12-15-16-13(22-12)21-9(3)11(18)17(5-2)10-6-7-23(19,20)8-10/h9-10H,4-8H2,1-3H3,(H,14,15)/t9-,10+/m1/s1. The summed E-state index contributed by atoms with van der Waals surface area (Å²) in [6, 6.07) is -0.202. The van der Waals surface area contributed by atoms with Crippen LogP contribution in [0.3, 0.4) is 0 Å². The van der Waals surface area contributed by atoms with Crippen LogP contribution in [0.5, 0.6) is 0 Å². The lowest BCUT2D eigenvalue weighted by atomic mass is 10.2. The van der Waals surface area contributed by atoms with E-state index in [9.17, 15) is 13.2 Å². The predicted molar refractivity (Wildman–Crippen MR) is 93.8 cm³/mol. The molecule has 0 saturated carbocycles. The van der Waals surface area contributed by atoms with E-state index in [4.69, 9.17) is 0 Å². The highest BCUT2D eigenvalue weighted by atomic mass is 32.2.